The summed E-state index contributed by atoms with van der Waals surface area (Å²) in [5.74, 6) is 0. The fourth-order valence-corrected chi connectivity index (χ4v) is 0.892. The Kier molecular flexibility index (Phi) is 16.8. The second-order valence-corrected chi connectivity index (χ2v) is 2.49. The number of aliphatic hydroxyl groups is 1. The van der Waals surface area contributed by atoms with E-state index in [0.29, 0.717) is 6.61 Å². The first-order valence-corrected chi connectivity index (χ1v) is 4.02. The Morgan fingerprint density at radius 1 is 0.900 bits per heavy atom. The Hall–Kier alpha value is 0.843. The molecule has 0 heterocycles. The van der Waals surface area contributed by atoms with Crippen molar-refractivity contribution in [2.75, 3.05) is 6.61 Å². The van der Waals surface area contributed by atoms with Crippen molar-refractivity contribution in [3.63, 3.8) is 0 Å². The molecule has 0 aliphatic heterocycles. The van der Waals surface area contributed by atoms with Crippen LogP contribution in [-0.4, -0.2) is 37.9 Å². The predicted octanol–water partition coefficient (Wildman–Crippen LogP) is 1.16. The molecule has 64 valence electrons. The molecule has 0 aliphatic rings. The molecule has 10 heavy (non-hydrogen) atoms. The molecule has 0 amide bonds. The van der Waals surface area contributed by atoms with E-state index >= 15 is 0 Å². The molecule has 1 nitrogen and oxygen atoms in total. The van der Waals surface area contributed by atoms with Gasteiger partial charge in [-0.1, -0.05) is 39.0 Å². The van der Waals surface area contributed by atoms with Crippen molar-refractivity contribution in [1.29, 1.82) is 0 Å². The van der Waals surface area contributed by atoms with Crippen molar-refractivity contribution < 1.29 is 5.11 Å². The molecule has 0 saturated heterocycles. The molecule has 2 heteroatoms. The molecular formula is C8H21BiO. The Balaban J connectivity index is 0. The molecule has 0 aromatic rings. The standard InChI is InChI=1S/C8H18O.Bi.3H/c1-2-3-4-5-6-7-8-9;;;;/h9H,2-8H2,1H3;;;;. The van der Waals surface area contributed by atoms with Gasteiger partial charge in [0.05, 0.1) is 0 Å². The topological polar surface area (TPSA) is 20.2 Å². The quantitative estimate of drug-likeness (QED) is 0.567. The summed E-state index contributed by atoms with van der Waals surface area (Å²) >= 11 is 0. The van der Waals surface area contributed by atoms with Crippen LogP contribution in [-0.2, 0) is 0 Å². The number of hydrogen-bond acceptors (Lipinski definition) is 1. The number of aliphatic hydroxyl groups excluding tert-OH is 1. The summed E-state index contributed by atoms with van der Waals surface area (Å²) in [6.45, 7) is 2.58. The van der Waals surface area contributed by atoms with Crippen molar-refractivity contribution >= 4 is 26.2 Å². The summed E-state index contributed by atoms with van der Waals surface area (Å²) in [6.07, 6.45) is 7.50. The van der Waals surface area contributed by atoms with Gasteiger partial charge in [0.15, 0.2) is 0 Å². The average molecular weight is 342 g/mol. The molecule has 0 aromatic carbocycles. The first-order valence-electron chi connectivity index (χ1n) is 4.02. The fourth-order valence-electron chi connectivity index (χ4n) is 0.892. The van der Waals surface area contributed by atoms with Gasteiger partial charge < -0.3 is 5.11 Å². The Morgan fingerprint density at radius 2 is 1.40 bits per heavy atom. The van der Waals surface area contributed by atoms with Crippen LogP contribution in [0.15, 0.2) is 0 Å². The van der Waals surface area contributed by atoms with Crippen LogP contribution in [0, 0.1) is 0 Å². The van der Waals surface area contributed by atoms with Crippen LogP contribution in [0.2, 0.25) is 0 Å². The normalized spacial score (nSPS) is 9.00. The van der Waals surface area contributed by atoms with E-state index in [9.17, 15) is 0 Å². The second-order valence-electron chi connectivity index (χ2n) is 2.49. The third-order valence-electron chi connectivity index (χ3n) is 1.51. The van der Waals surface area contributed by atoms with E-state index in [4.69, 9.17) is 5.11 Å². The zero-order chi connectivity index (χ0) is 6.95. The van der Waals surface area contributed by atoms with Crippen LogP contribution in [0.25, 0.3) is 0 Å². The van der Waals surface area contributed by atoms with E-state index in [1.165, 1.54) is 32.1 Å². The first kappa shape index (κ1) is 13.4. The fraction of sp³-hybridized carbons (Fsp3) is 1.00. The van der Waals surface area contributed by atoms with Gasteiger partial charge >= 0.3 is 26.2 Å². The van der Waals surface area contributed by atoms with Gasteiger partial charge in [0, 0.05) is 6.61 Å². The van der Waals surface area contributed by atoms with Gasteiger partial charge in [0.25, 0.3) is 0 Å². The monoisotopic (exact) mass is 342 g/mol. The van der Waals surface area contributed by atoms with Crippen LogP contribution < -0.4 is 0 Å². The van der Waals surface area contributed by atoms with E-state index in [0.717, 1.165) is 6.42 Å². The summed E-state index contributed by atoms with van der Waals surface area (Å²) in [7, 11) is 0. The number of rotatable bonds is 6. The SMILES string of the molecule is CCCCCCCCO.[BiH3]. The number of unbranched alkanes of at least 4 members (excludes halogenated alkanes) is 5. The first-order chi connectivity index (χ1) is 4.41. The van der Waals surface area contributed by atoms with Gasteiger partial charge in [-0.2, -0.15) is 0 Å². The molecule has 0 spiro atoms. The molecule has 0 aliphatic carbocycles. The Morgan fingerprint density at radius 3 is 1.90 bits per heavy atom. The third kappa shape index (κ3) is 11.6. The van der Waals surface area contributed by atoms with Crippen LogP contribution in [0.3, 0.4) is 0 Å². The molecule has 0 fully saturated rings. The molecule has 1 N–H and O–H groups in total. The zero-order valence-corrected chi connectivity index (χ0v) is 12.6. The van der Waals surface area contributed by atoms with Crippen LogP contribution in [0.4, 0.5) is 0 Å². The van der Waals surface area contributed by atoms with Crippen molar-refractivity contribution in [2.45, 2.75) is 45.4 Å². The van der Waals surface area contributed by atoms with E-state index in [2.05, 4.69) is 6.92 Å². The summed E-state index contributed by atoms with van der Waals surface area (Å²) in [5.41, 5.74) is 0. The van der Waals surface area contributed by atoms with Gasteiger partial charge in [-0.15, -0.1) is 0 Å². The minimum atomic E-state index is 0. The summed E-state index contributed by atoms with van der Waals surface area (Å²) in [4.78, 5) is 0. The molecule has 0 radical (unpaired) electrons. The maximum absolute atomic E-state index is 8.42. The molecule has 0 bridgehead atoms. The van der Waals surface area contributed by atoms with Crippen molar-refractivity contribution in [1.82, 2.24) is 0 Å². The molecule has 0 saturated carbocycles. The van der Waals surface area contributed by atoms with E-state index < -0.39 is 0 Å². The van der Waals surface area contributed by atoms with Gasteiger partial charge in [-0.05, 0) is 6.42 Å². The summed E-state index contributed by atoms with van der Waals surface area (Å²) in [6, 6.07) is 0. The molecule has 0 aromatic heterocycles. The predicted molar refractivity (Wildman–Crippen MR) is 50.4 cm³/mol. The van der Waals surface area contributed by atoms with Gasteiger partial charge in [-0.3, -0.25) is 0 Å². The zero-order valence-electron chi connectivity index (χ0n) is 7.10. The molecule has 0 atom stereocenters. The molecular weight excluding hydrogens is 321 g/mol. The van der Waals surface area contributed by atoms with Crippen molar-refractivity contribution in [3.8, 4) is 0 Å². The van der Waals surface area contributed by atoms with E-state index in [-0.39, 0.29) is 26.2 Å². The van der Waals surface area contributed by atoms with Crippen LogP contribution >= 0.6 is 0 Å². The summed E-state index contributed by atoms with van der Waals surface area (Å²) < 4.78 is 0. The van der Waals surface area contributed by atoms with Crippen LogP contribution in [0.1, 0.15) is 45.4 Å². The van der Waals surface area contributed by atoms with Gasteiger partial charge in [0.1, 0.15) is 0 Å². The second kappa shape index (κ2) is 12.5. The minimum absolute atomic E-state index is 0. The van der Waals surface area contributed by atoms with E-state index in [1.54, 1.807) is 0 Å². The number of hydrogen-bond donors (Lipinski definition) is 1. The van der Waals surface area contributed by atoms with Crippen LogP contribution in [0.5, 0.6) is 0 Å². The van der Waals surface area contributed by atoms with E-state index in [1.807, 2.05) is 0 Å². The molecule has 0 unspecified atom stereocenters. The third-order valence-corrected chi connectivity index (χ3v) is 1.51. The average Bonchev–Trinajstić information content (AvgIpc) is 1.89. The maximum atomic E-state index is 8.42. The Labute approximate surface area is 83.3 Å². The van der Waals surface area contributed by atoms with Gasteiger partial charge in [0.2, 0.25) is 0 Å². The van der Waals surface area contributed by atoms with Crippen molar-refractivity contribution in [3.05, 3.63) is 0 Å². The van der Waals surface area contributed by atoms with Crippen molar-refractivity contribution in [2.24, 2.45) is 0 Å². The summed E-state index contributed by atoms with van der Waals surface area (Å²) in [5, 5.41) is 8.42. The molecule has 0 rings (SSSR count). The van der Waals surface area contributed by atoms with Gasteiger partial charge in [-0.25, -0.2) is 0 Å². The Bertz CT molecular complexity index is 42.5.